The molecule has 1 unspecified atom stereocenters. The van der Waals surface area contributed by atoms with Crippen LogP contribution in [0.5, 0.6) is 0 Å². The van der Waals surface area contributed by atoms with Crippen LogP contribution in [0.2, 0.25) is 0 Å². The van der Waals surface area contributed by atoms with Gasteiger partial charge in [-0.05, 0) is 65.2 Å². The molecule has 106 valence electrons. The Morgan fingerprint density at radius 1 is 1.24 bits per heavy atom. The van der Waals surface area contributed by atoms with Gasteiger partial charge in [0.05, 0.1) is 5.69 Å². The van der Waals surface area contributed by atoms with Gasteiger partial charge < -0.3 is 4.40 Å². The van der Waals surface area contributed by atoms with Crippen molar-refractivity contribution in [3.8, 4) is 0 Å². The van der Waals surface area contributed by atoms with E-state index >= 15 is 0 Å². The number of imidazole rings is 1. The van der Waals surface area contributed by atoms with Crippen molar-refractivity contribution in [1.29, 1.82) is 0 Å². The summed E-state index contributed by atoms with van der Waals surface area (Å²) >= 11 is 3.61. The first-order valence-electron chi connectivity index (χ1n) is 7.43. The second-order valence-corrected chi connectivity index (χ2v) is 6.81. The number of pyridine rings is 1. The molecule has 0 bridgehead atoms. The maximum Gasteiger partial charge on any atom is 0.140 e. The highest BCUT2D eigenvalue weighted by atomic mass is 79.9. The topological polar surface area (TPSA) is 17.3 Å². The van der Waals surface area contributed by atoms with Crippen LogP contribution < -0.4 is 0 Å². The lowest BCUT2D eigenvalue weighted by Crippen LogP contribution is -2.13. The zero-order valence-electron chi connectivity index (χ0n) is 12.0. The molecule has 1 aliphatic carbocycles. The second-order valence-electron chi connectivity index (χ2n) is 5.89. The monoisotopic (exact) mass is 340 g/mol. The molecule has 0 aliphatic heterocycles. The van der Waals surface area contributed by atoms with Crippen LogP contribution in [0.1, 0.15) is 34.9 Å². The SMILES string of the molecule is Cc1cc(Br)cn2c3c(nc12)CCC(c1ccccc1)C3. The summed E-state index contributed by atoms with van der Waals surface area (Å²) in [6, 6.07) is 13.0. The van der Waals surface area contributed by atoms with Gasteiger partial charge in [-0.25, -0.2) is 4.98 Å². The average Bonchev–Trinajstić information content (AvgIpc) is 2.86. The molecule has 0 N–H and O–H groups in total. The van der Waals surface area contributed by atoms with Gasteiger partial charge in [0.25, 0.3) is 0 Å². The minimum atomic E-state index is 0.609. The quantitative estimate of drug-likeness (QED) is 0.628. The molecule has 2 heterocycles. The maximum atomic E-state index is 4.86. The van der Waals surface area contributed by atoms with E-state index in [0.717, 1.165) is 23.0 Å². The summed E-state index contributed by atoms with van der Waals surface area (Å²) in [5.74, 6) is 0.609. The van der Waals surface area contributed by atoms with Crippen LogP contribution in [0.3, 0.4) is 0 Å². The average molecular weight is 341 g/mol. The van der Waals surface area contributed by atoms with Crippen molar-refractivity contribution in [3.05, 3.63) is 69.6 Å². The predicted molar refractivity (Wildman–Crippen MR) is 88.8 cm³/mol. The zero-order valence-corrected chi connectivity index (χ0v) is 13.6. The number of hydrogen-bond donors (Lipinski definition) is 0. The number of nitrogens with zero attached hydrogens (tertiary/aromatic N) is 2. The van der Waals surface area contributed by atoms with Crippen molar-refractivity contribution in [3.63, 3.8) is 0 Å². The molecular formula is C18H17BrN2. The van der Waals surface area contributed by atoms with Crippen molar-refractivity contribution in [2.45, 2.75) is 32.1 Å². The fourth-order valence-corrected chi connectivity index (χ4v) is 3.98. The van der Waals surface area contributed by atoms with Gasteiger partial charge >= 0.3 is 0 Å². The molecule has 1 aromatic carbocycles. The molecule has 0 saturated carbocycles. The Hall–Kier alpha value is -1.61. The van der Waals surface area contributed by atoms with Gasteiger partial charge in [0.2, 0.25) is 0 Å². The van der Waals surface area contributed by atoms with E-state index in [1.54, 1.807) is 0 Å². The van der Waals surface area contributed by atoms with E-state index in [-0.39, 0.29) is 0 Å². The van der Waals surface area contributed by atoms with E-state index in [1.165, 1.54) is 28.9 Å². The van der Waals surface area contributed by atoms with Gasteiger partial charge in [-0.15, -0.1) is 0 Å². The van der Waals surface area contributed by atoms with Crippen LogP contribution >= 0.6 is 15.9 Å². The molecule has 3 heteroatoms. The summed E-state index contributed by atoms with van der Waals surface area (Å²) in [5, 5.41) is 0. The Morgan fingerprint density at radius 2 is 2.05 bits per heavy atom. The highest BCUT2D eigenvalue weighted by Gasteiger charge is 2.24. The van der Waals surface area contributed by atoms with Crippen molar-refractivity contribution < 1.29 is 0 Å². The van der Waals surface area contributed by atoms with Crippen molar-refractivity contribution in [2.75, 3.05) is 0 Å². The summed E-state index contributed by atoms with van der Waals surface area (Å²) in [6.45, 7) is 2.13. The van der Waals surface area contributed by atoms with Crippen LogP contribution in [-0.2, 0) is 12.8 Å². The summed E-state index contributed by atoms with van der Waals surface area (Å²) in [5.41, 5.74) is 6.45. The Morgan fingerprint density at radius 3 is 2.86 bits per heavy atom. The van der Waals surface area contributed by atoms with Gasteiger partial charge in [0, 0.05) is 16.4 Å². The second kappa shape index (κ2) is 4.99. The van der Waals surface area contributed by atoms with E-state index < -0.39 is 0 Å². The highest BCUT2D eigenvalue weighted by molar-refractivity contribution is 9.10. The van der Waals surface area contributed by atoms with E-state index in [4.69, 9.17) is 4.98 Å². The Labute approximate surface area is 133 Å². The van der Waals surface area contributed by atoms with E-state index in [9.17, 15) is 0 Å². The lowest BCUT2D eigenvalue weighted by Gasteiger charge is -2.22. The van der Waals surface area contributed by atoms with Crippen LogP contribution in [0.25, 0.3) is 5.65 Å². The molecule has 2 nitrogen and oxygen atoms in total. The van der Waals surface area contributed by atoms with Crippen LogP contribution in [0.4, 0.5) is 0 Å². The molecule has 0 spiro atoms. The molecule has 3 aromatic rings. The smallest absolute Gasteiger partial charge is 0.140 e. The molecule has 0 radical (unpaired) electrons. The number of benzene rings is 1. The molecular weight excluding hydrogens is 324 g/mol. The number of aromatic nitrogens is 2. The van der Waals surface area contributed by atoms with Crippen LogP contribution in [-0.4, -0.2) is 9.38 Å². The first-order valence-corrected chi connectivity index (χ1v) is 8.22. The molecule has 1 atom stereocenters. The van der Waals surface area contributed by atoms with Crippen LogP contribution in [0, 0.1) is 6.92 Å². The lowest BCUT2D eigenvalue weighted by atomic mass is 9.84. The minimum Gasteiger partial charge on any atom is -0.302 e. The normalized spacial score (nSPS) is 17.9. The Balaban J connectivity index is 1.81. The number of fused-ring (bicyclic) bond motifs is 3. The molecule has 0 fully saturated rings. The Kier molecular flexibility index (Phi) is 3.11. The molecule has 2 aromatic heterocycles. The van der Waals surface area contributed by atoms with E-state index in [0.29, 0.717) is 5.92 Å². The van der Waals surface area contributed by atoms with Crippen LogP contribution in [0.15, 0.2) is 47.1 Å². The summed E-state index contributed by atoms with van der Waals surface area (Å²) in [6.07, 6.45) is 5.51. The number of aryl methyl sites for hydroxylation is 2. The molecule has 4 rings (SSSR count). The summed E-state index contributed by atoms with van der Waals surface area (Å²) in [4.78, 5) is 4.86. The summed E-state index contributed by atoms with van der Waals surface area (Å²) in [7, 11) is 0. The van der Waals surface area contributed by atoms with Gasteiger partial charge in [-0.1, -0.05) is 30.3 Å². The fourth-order valence-electron chi connectivity index (χ4n) is 3.43. The third-order valence-corrected chi connectivity index (χ3v) is 4.93. The largest absolute Gasteiger partial charge is 0.302 e. The summed E-state index contributed by atoms with van der Waals surface area (Å²) < 4.78 is 3.40. The molecule has 21 heavy (non-hydrogen) atoms. The first-order chi connectivity index (χ1) is 10.2. The minimum absolute atomic E-state index is 0.609. The highest BCUT2D eigenvalue weighted by Crippen LogP contribution is 2.33. The zero-order chi connectivity index (χ0) is 14.4. The van der Waals surface area contributed by atoms with Crippen molar-refractivity contribution in [1.82, 2.24) is 9.38 Å². The number of halogens is 1. The Bertz CT molecular complexity index is 805. The molecule has 0 saturated heterocycles. The third kappa shape index (κ3) is 2.20. The lowest BCUT2D eigenvalue weighted by molar-refractivity contribution is 0.567. The predicted octanol–water partition coefficient (Wildman–Crippen LogP) is 4.68. The van der Waals surface area contributed by atoms with Gasteiger partial charge in [0.1, 0.15) is 5.65 Å². The number of rotatable bonds is 1. The number of hydrogen-bond acceptors (Lipinski definition) is 1. The van der Waals surface area contributed by atoms with E-state index in [2.05, 4.69) is 69.8 Å². The third-order valence-electron chi connectivity index (χ3n) is 4.49. The first kappa shape index (κ1) is 13.1. The van der Waals surface area contributed by atoms with Gasteiger partial charge in [0.15, 0.2) is 0 Å². The van der Waals surface area contributed by atoms with Crippen molar-refractivity contribution >= 4 is 21.6 Å². The van der Waals surface area contributed by atoms with Crippen molar-refractivity contribution in [2.24, 2.45) is 0 Å². The molecule has 0 amide bonds. The van der Waals surface area contributed by atoms with Gasteiger partial charge in [-0.2, -0.15) is 0 Å². The maximum absolute atomic E-state index is 4.86. The molecule has 1 aliphatic rings. The van der Waals surface area contributed by atoms with E-state index in [1.807, 2.05) is 0 Å². The standard InChI is InChI=1S/C18H17BrN2/c1-12-9-15(19)11-21-17-10-14(13-5-3-2-4-6-13)7-8-16(17)20-18(12)21/h2-6,9,11,14H,7-8,10H2,1H3. The fraction of sp³-hybridized carbons (Fsp3) is 0.278. The van der Waals surface area contributed by atoms with Gasteiger partial charge in [-0.3, -0.25) is 0 Å².